The number of halogens is 2. The lowest BCUT2D eigenvalue weighted by Gasteiger charge is -2.04. The molecule has 1 aromatic carbocycles. The summed E-state index contributed by atoms with van der Waals surface area (Å²) in [6.07, 6.45) is 1.18. The Kier molecular flexibility index (Phi) is 1.95. The first kappa shape index (κ1) is 10.2. The molecule has 0 aliphatic heterocycles. The van der Waals surface area contributed by atoms with E-state index in [1.54, 1.807) is 18.2 Å². The van der Waals surface area contributed by atoms with Gasteiger partial charge in [0.1, 0.15) is 5.92 Å². The van der Waals surface area contributed by atoms with Crippen molar-refractivity contribution < 1.29 is 13.6 Å². The first-order valence-electron chi connectivity index (χ1n) is 5.18. The summed E-state index contributed by atoms with van der Waals surface area (Å²) in [6.45, 7) is 0. The van der Waals surface area contributed by atoms with Crippen molar-refractivity contribution in [3.63, 3.8) is 0 Å². The fraction of sp³-hybridized carbons (Fsp3) is 0.273. The molecule has 4 nitrogen and oxygen atoms in total. The van der Waals surface area contributed by atoms with Crippen LogP contribution in [0, 0.1) is 5.92 Å². The summed E-state index contributed by atoms with van der Waals surface area (Å²) < 4.78 is 25.4. The van der Waals surface area contributed by atoms with E-state index < -0.39 is 17.7 Å². The molecule has 0 bridgehead atoms. The average Bonchev–Trinajstić information content (AvgIpc) is 2.73. The number of hydrogen-bond donors (Lipinski definition) is 2. The number of nitrogens with zero attached hydrogens (tertiary/aromatic N) is 1. The van der Waals surface area contributed by atoms with E-state index in [0.29, 0.717) is 5.69 Å². The van der Waals surface area contributed by atoms with E-state index in [4.69, 9.17) is 0 Å². The smallest absolute Gasteiger partial charge is 0.260 e. The number of benzene rings is 1. The number of H-pyrrole nitrogens is 1. The van der Waals surface area contributed by atoms with Crippen LogP contribution in [0.4, 0.5) is 14.5 Å². The molecule has 2 aromatic rings. The van der Waals surface area contributed by atoms with Crippen LogP contribution in [0.1, 0.15) is 6.42 Å². The van der Waals surface area contributed by atoms with Crippen molar-refractivity contribution in [2.24, 2.45) is 5.92 Å². The second-order valence-electron chi connectivity index (χ2n) is 4.14. The van der Waals surface area contributed by atoms with Crippen LogP contribution in [-0.4, -0.2) is 21.8 Å². The molecule has 0 saturated heterocycles. The van der Waals surface area contributed by atoms with Crippen LogP contribution in [-0.2, 0) is 4.79 Å². The van der Waals surface area contributed by atoms with Gasteiger partial charge in [0.2, 0.25) is 5.91 Å². The van der Waals surface area contributed by atoms with Gasteiger partial charge >= 0.3 is 0 Å². The number of alkyl halides is 2. The number of aromatic amines is 1. The minimum absolute atomic E-state index is 0.356. The Morgan fingerprint density at radius 3 is 3.00 bits per heavy atom. The van der Waals surface area contributed by atoms with Gasteiger partial charge < -0.3 is 10.3 Å². The Bertz CT molecular complexity index is 593. The molecule has 1 aromatic heterocycles. The highest BCUT2D eigenvalue weighted by Crippen LogP contribution is 2.49. The van der Waals surface area contributed by atoms with Crippen LogP contribution in [0.25, 0.3) is 11.0 Å². The number of anilines is 1. The fourth-order valence-electron chi connectivity index (χ4n) is 1.74. The van der Waals surface area contributed by atoms with Crippen LogP contribution < -0.4 is 5.32 Å². The molecule has 1 fully saturated rings. The van der Waals surface area contributed by atoms with Crippen molar-refractivity contribution >= 4 is 22.6 Å². The van der Waals surface area contributed by atoms with Gasteiger partial charge in [-0.05, 0) is 18.2 Å². The summed E-state index contributed by atoms with van der Waals surface area (Å²) in [6, 6.07) is 5.02. The summed E-state index contributed by atoms with van der Waals surface area (Å²) in [4.78, 5) is 18.4. The number of amides is 1. The third kappa shape index (κ3) is 1.75. The second kappa shape index (κ2) is 3.26. The Morgan fingerprint density at radius 2 is 2.29 bits per heavy atom. The molecular weight excluding hydrogens is 228 g/mol. The fourth-order valence-corrected chi connectivity index (χ4v) is 1.74. The summed E-state index contributed by atoms with van der Waals surface area (Å²) in [5.41, 5.74) is 2.01. The highest BCUT2D eigenvalue weighted by atomic mass is 19.3. The van der Waals surface area contributed by atoms with Crippen LogP contribution in [0.2, 0.25) is 0 Å². The summed E-state index contributed by atoms with van der Waals surface area (Å²) in [5, 5.41) is 2.47. The Labute approximate surface area is 95.0 Å². The van der Waals surface area contributed by atoms with Gasteiger partial charge in [-0.25, -0.2) is 13.8 Å². The Balaban J connectivity index is 1.78. The van der Waals surface area contributed by atoms with E-state index in [9.17, 15) is 13.6 Å². The zero-order chi connectivity index (χ0) is 12.0. The van der Waals surface area contributed by atoms with Gasteiger partial charge in [-0.2, -0.15) is 0 Å². The number of carbonyl (C=O) groups is 1. The number of rotatable bonds is 2. The normalized spacial score (nSPS) is 21.4. The lowest BCUT2D eigenvalue weighted by atomic mass is 10.2. The topological polar surface area (TPSA) is 57.8 Å². The molecule has 3 rings (SSSR count). The summed E-state index contributed by atoms with van der Waals surface area (Å²) in [7, 11) is 0. The molecule has 1 unspecified atom stereocenters. The van der Waals surface area contributed by atoms with E-state index in [-0.39, 0.29) is 6.42 Å². The third-order valence-corrected chi connectivity index (χ3v) is 2.83. The van der Waals surface area contributed by atoms with E-state index in [0.717, 1.165) is 11.0 Å². The van der Waals surface area contributed by atoms with E-state index in [1.807, 2.05) is 0 Å². The van der Waals surface area contributed by atoms with Gasteiger partial charge in [0.25, 0.3) is 5.92 Å². The van der Waals surface area contributed by atoms with E-state index in [1.165, 1.54) is 6.33 Å². The first-order valence-corrected chi connectivity index (χ1v) is 5.18. The number of nitrogens with one attached hydrogen (secondary N) is 2. The molecule has 1 aliphatic carbocycles. The highest BCUT2D eigenvalue weighted by Gasteiger charge is 2.61. The van der Waals surface area contributed by atoms with Gasteiger partial charge in [-0.3, -0.25) is 4.79 Å². The zero-order valence-corrected chi connectivity index (χ0v) is 8.71. The molecule has 17 heavy (non-hydrogen) atoms. The summed E-state index contributed by atoms with van der Waals surface area (Å²) >= 11 is 0. The molecule has 88 valence electrons. The molecule has 1 heterocycles. The lowest BCUT2D eigenvalue weighted by Crippen LogP contribution is -2.17. The number of fused-ring (bicyclic) bond motifs is 1. The number of carbonyl (C=O) groups excluding carboxylic acids is 1. The SMILES string of the molecule is O=C(Nc1ccc2nc[nH]c2c1)C1CC1(F)F. The largest absolute Gasteiger partial charge is 0.345 e. The van der Waals surface area contributed by atoms with E-state index in [2.05, 4.69) is 15.3 Å². The molecule has 0 radical (unpaired) electrons. The monoisotopic (exact) mass is 237 g/mol. The van der Waals surface area contributed by atoms with Gasteiger partial charge in [-0.1, -0.05) is 0 Å². The molecule has 1 aliphatic rings. The number of hydrogen-bond acceptors (Lipinski definition) is 2. The number of aromatic nitrogens is 2. The van der Waals surface area contributed by atoms with Gasteiger partial charge in [0, 0.05) is 12.1 Å². The molecule has 0 spiro atoms. The van der Waals surface area contributed by atoms with Crippen LogP contribution in [0.3, 0.4) is 0 Å². The summed E-state index contributed by atoms with van der Waals surface area (Å²) in [5.74, 6) is -4.64. The van der Waals surface area contributed by atoms with Crippen LogP contribution in [0.5, 0.6) is 0 Å². The van der Waals surface area contributed by atoms with Gasteiger partial charge in [-0.15, -0.1) is 0 Å². The minimum atomic E-state index is -2.83. The molecule has 1 saturated carbocycles. The van der Waals surface area contributed by atoms with Crippen LogP contribution in [0.15, 0.2) is 24.5 Å². The standard InChI is InChI=1S/C11H9F2N3O/c12-11(13)4-7(11)10(17)16-6-1-2-8-9(3-6)15-5-14-8/h1-3,5,7H,4H2,(H,14,15)(H,16,17). The average molecular weight is 237 g/mol. The maximum atomic E-state index is 12.7. The van der Waals surface area contributed by atoms with Crippen molar-refractivity contribution in [3.05, 3.63) is 24.5 Å². The van der Waals surface area contributed by atoms with Crippen molar-refractivity contribution in [3.8, 4) is 0 Å². The molecular formula is C11H9F2N3O. The highest BCUT2D eigenvalue weighted by molar-refractivity contribution is 5.96. The second-order valence-corrected chi connectivity index (χ2v) is 4.14. The predicted octanol–water partition coefficient (Wildman–Crippen LogP) is 2.16. The van der Waals surface area contributed by atoms with Gasteiger partial charge in [0.15, 0.2) is 0 Å². The molecule has 6 heteroatoms. The van der Waals surface area contributed by atoms with Crippen molar-refractivity contribution in [2.45, 2.75) is 12.3 Å². The Hall–Kier alpha value is -1.98. The van der Waals surface area contributed by atoms with Gasteiger partial charge in [0.05, 0.1) is 17.4 Å². The zero-order valence-electron chi connectivity index (χ0n) is 8.71. The van der Waals surface area contributed by atoms with E-state index >= 15 is 0 Å². The molecule has 1 amide bonds. The minimum Gasteiger partial charge on any atom is -0.345 e. The lowest BCUT2D eigenvalue weighted by molar-refractivity contribution is -0.119. The molecule has 1 atom stereocenters. The van der Waals surface area contributed by atoms with Crippen molar-refractivity contribution in [2.75, 3.05) is 5.32 Å². The number of imidazole rings is 1. The van der Waals surface area contributed by atoms with Crippen molar-refractivity contribution in [1.29, 1.82) is 0 Å². The third-order valence-electron chi connectivity index (χ3n) is 2.83. The maximum absolute atomic E-state index is 12.7. The quantitative estimate of drug-likeness (QED) is 0.840. The maximum Gasteiger partial charge on any atom is 0.260 e. The first-order chi connectivity index (χ1) is 8.06. The molecule has 2 N–H and O–H groups in total. The predicted molar refractivity (Wildman–Crippen MR) is 57.8 cm³/mol. The Morgan fingerprint density at radius 1 is 1.53 bits per heavy atom. The van der Waals surface area contributed by atoms with Crippen LogP contribution >= 0.6 is 0 Å². The van der Waals surface area contributed by atoms with Crippen molar-refractivity contribution in [1.82, 2.24) is 9.97 Å².